The molecule has 0 spiro atoms. The number of rotatable bonds is 6. The molecule has 0 saturated carbocycles. The van der Waals surface area contributed by atoms with Crippen LogP contribution in [0.15, 0.2) is 30.4 Å². The Morgan fingerprint density at radius 1 is 1.10 bits per heavy atom. The number of allylic oxidation sites excluding steroid dienone is 2. The van der Waals surface area contributed by atoms with E-state index in [9.17, 15) is 19.2 Å². The van der Waals surface area contributed by atoms with Crippen LogP contribution in [-0.4, -0.2) is 53.6 Å². The molecule has 1 aromatic carbocycles. The van der Waals surface area contributed by atoms with Crippen molar-refractivity contribution in [3.8, 4) is 0 Å². The molecule has 0 aromatic heterocycles. The Morgan fingerprint density at radius 2 is 1.72 bits per heavy atom. The normalized spacial score (nSPS) is 20.6. The number of aryl methyl sites for hydroxylation is 2. The fraction of sp³-hybridized carbons (Fsp3) is 0.455. The van der Waals surface area contributed by atoms with E-state index < -0.39 is 0 Å². The number of carbonyl (C=O) groups is 4. The predicted octanol–water partition coefficient (Wildman–Crippen LogP) is 2.04. The highest BCUT2D eigenvalue weighted by molar-refractivity contribution is 6.05. The summed E-state index contributed by atoms with van der Waals surface area (Å²) in [5.74, 6) is -1.53. The van der Waals surface area contributed by atoms with Gasteiger partial charge in [0.15, 0.2) is 0 Å². The third kappa shape index (κ3) is 4.55. The molecule has 4 amide bonds. The molecule has 1 saturated heterocycles. The number of hydrogen-bond donors (Lipinski definition) is 1. The first-order chi connectivity index (χ1) is 13.8. The van der Waals surface area contributed by atoms with Gasteiger partial charge in [-0.3, -0.25) is 24.1 Å². The molecular formula is C22H27N3O4. The van der Waals surface area contributed by atoms with E-state index in [0.717, 1.165) is 16.8 Å². The third-order valence-corrected chi connectivity index (χ3v) is 5.62. The fourth-order valence-corrected chi connectivity index (χ4v) is 3.85. The Labute approximate surface area is 170 Å². The molecule has 3 rings (SSSR count). The van der Waals surface area contributed by atoms with Gasteiger partial charge in [-0.05, 0) is 43.9 Å². The lowest BCUT2D eigenvalue weighted by molar-refractivity contribution is -0.141. The van der Waals surface area contributed by atoms with E-state index in [1.165, 1.54) is 9.80 Å². The molecule has 0 radical (unpaired) electrons. The van der Waals surface area contributed by atoms with Gasteiger partial charge in [0.2, 0.25) is 23.6 Å². The number of nitrogens with one attached hydrogen (secondary N) is 1. The molecule has 1 heterocycles. The zero-order chi connectivity index (χ0) is 21.1. The first-order valence-electron chi connectivity index (χ1n) is 9.89. The summed E-state index contributed by atoms with van der Waals surface area (Å²) >= 11 is 0. The Balaban J connectivity index is 1.50. The summed E-state index contributed by atoms with van der Waals surface area (Å²) in [6, 6.07) is 5.78. The van der Waals surface area contributed by atoms with Gasteiger partial charge in [-0.25, -0.2) is 0 Å². The van der Waals surface area contributed by atoms with Gasteiger partial charge in [0, 0.05) is 25.7 Å². The Hall–Kier alpha value is -2.96. The molecule has 1 aromatic rings. The van der Waals surface area contributed by atoms with Crippen molar-refractivity contribution < 1.29 is 19.2 Å². The molecular weight excluding hydrogens is 370 g/mol. The molecule has 7 heteroatoms. The van der Waals surface area contributed by atoms with Crippen LogP contribution >= 0.6 is 0 Å². The molecule has 1 N–H and O–H groups in total. The lowest BCUT2D eigenvalue weighted by Crippen LogP contribution is -2.38. The number of amides is 4. The number of anilines is 1. The largest absolute Gasteiger partial charge is 0.336 e. The highest BCUT2D eigenvalue weighted by Gasteiger charge is 2.46. The van der Waals surface area contributed by atoms with Gasteiger partial charge in [-0.2, -0.15) is 0 Å². The minimum absolute atomic E-state index is 0.0115. The third-order valence-electron chi connectivity index (χ3n) is 5.62. The standard InChI is InChI=1S/C22H27N3O4/c1-14-8-9-15(2)18(12-14)23-19(26)13-24(3)20(27)10-11-25-21(28)16-6-4-5-7-17(16)22(25)29/h4-5,8-9,12,16-17H,6-7,10-11,13H2,1-3H3,(H,23,26)/t16-,17+. The number of likely N-dealkylation sites (tertiary alicyclic amines) is 1. The number of imide groups is 1. The van der Waals surface area contributed by atoms with Gasteiger partial charge in [-0.15, -0.1) is 0 Å². The minimum atomic E-state index is -0.292. The van der Waals surface area contributed by atoms with Crippen molar-refractivity contribution >= 4 is 29.3 Å². The van der Waals surface area contributed by atoms with Crippen LogP contribution in [0.3, 0.4) is 0 Å². The number of benzene rings is 1. The van der Waals surface area contributed by atoms with Gasteiger partial charge in [0.05, 0.1) is 18.4 Å². The molecule has 2 atom stereocenters. The molecule has 29 heavy (non-hydrogen) atoms. The second-order valence-corrected chi connectivity index (χ2v) is 7.85. The van der Waals surface area contributed by atoms with E-state index in [2.05, 4.69) is 5.32 Å². The Bertz CT molecular complexity index is 851. The SMILES string of the molecule is Cc1ccc(C)c(NC(=O)CN(C)C(=O)CCN2C(=O)[C@H]3CC=CC[C@H]3C2=O)c1. The first kappa shape index (κ1) is 20.8. The van der Waals surface area contributed by atoms with Crippen molar-refractivity contribution in [3.05, 3.63) is 41.5 Å². The number of hydrogen-bond acceptors (Lipinski definition) is 4. The van der Waals surface area contributed by atoms with Crippen molar-refractivity contribution in [2.24, 2.45) is 11.8 Å². The van der Waals surface area contributed by atoms with Gasteiger partial charge in [0.1, 0.15) is 0 Å². The molecule has 1 fully saturated rings. The van der Waals surface area contributed by atoms with Crippen molar-refractivity contribution in [1.29, 1.82) is 0 Å². The Kier molecular flexibility index (Phi) is 6.15. The lowest BCUT2D eigenvalue weighted by atomic mass is 9.85. The van der Waals surface area contributed by atoms with E-state index in [4.69, 9.17) is 0 Å². The molecule has 2 aliphatic rings. The zero-order valence-electron chi connectivity index (χ0n) is 17.1. The van der Waals surface area contributed by atoms with Crippen LogP contribution in [0.2, 0.25) is 0 Å². The summed E-state index contributed by atoms with van der Waals surface area (Å²) in [4.78, 5) is 52.2. The van der Waals surface area contributed by atoms with Gasteiger partial charge >= 0.3 is 0 Å². The zero-order valence-corrected chi connectivity index (χ0v) is 17.1. The van der Waals surface area contributed by atoms with Crippen LogP contribution < -0.4 is 5.32 Å². The average Bonchev–Trinajstić information content (AvgIpc) is 2.93. The van der Waals surface area contributed by atoms with Crippen LogP contribution in [-0.2, 0) is 19.2 Å². The van der Waals surface area contributed by atoms with E-state index in [1.54, 1.807) is 7.05 Å². The van der Waals surface area contributed by atoms with Crippen LogP contribution in [0, 0.1) is 25.7 Å². The van der Waals surface area contributed by atoms with Gasteiger partial charge < -0.3 is 10.2 Å². The Morgan fingerprint density at radius 3 is 2.34 bits per heavy atom. The van der Waals surface area contributed by atoms with Crippen LogP contribution in [0.5, 0.6) is 0 Å². The van der Waals surface area contributed by atoms with Crippen LogP contribution in [0.25, 0.3) is 0 Å². The second kappa shape index (κ2) is 8.59. The number of carbonyl (C=O) groups excluding carboxylic acids is 4. The van der Waals surface area contributed by atoms with E-state index >= 15 is 0 Å². The smallest absolute Gasteiger partial charge is 0.243 e. The summed E-state index contributed by atoms with van der Waals surface area (Å²) in [5.41, 5.74) is 2.70. The van der Waals surface area contributed by atoms with Crippen LogP contribution in [0.4, 0.5) is 5.69 Å². The predicted molar refractivity (Wildman–Crippen MR) is 109 cm³/mol. The van der Waals surface area contributed by atoms with Crippen molar-refractivity contribution in [3.63, 3.8) is 0 Å². The molecule has 1 aliphatic carbocycles. The van der Waals surface area contributed by atoms with Gasteiger partial charge in [-0.1, -0.05) is 24.3 Å². The minimum Gasteiger partial charge on any atom is -0.336 e. The number of nitrogens with zero attached hydrogens (tertiary/aromatic N) is 2. The molecule has 0 bridgehead atoms. The maximum Gasteiger partial charge on any atom is 0.243 e. The van der Waals surface area contributed by atoms with Gasteiger partial charge in [0.25, 0.3) is 0 Å². The summed E-state index contributed by atoms with van der Waals surface area (Å²) < 4.78 is 0. The molecule has 0 unspecified atom stereocenters. The maximum atomic E-state index is 12.5. The topological polar surface area (TPSA) is 86.8 Å². The monoisotopic (exact) mass is 397 g/mol. The highest BCUT2D eigenvalue weighted by Crippen LogP contribution is 2.35. The van der Waals surface area contributed by atoms with Crippen molar-refractivity contribution in [2.45, 2.75) is 33.1 Å². The number of likely N-dealkylation sites (N-methyl/N-ethyl adjacent to an activating group) is 1. The summed E-state index contributed by atoms with van der Waals surface area (Å²) in [5, 5.41) is 2.82. The molecule has 7 nitrogen and oxygen atoms in total. The average molecular weight is 397 g/mol. The van der Waals surface area contributed by atoms with Crippen LogP contribution in [0.1, 0.15) is 30.4 Å². The molecule has 1 aliphatic heterocycles. The quantitative estimate of drug-likeness (QED) is 0.588. The highest BCUT2D eigenvalue weighted by atomic mass is 16.2. The van der Waals surface area contributed by atoms with Crippen molar-refractivity contribution in [1.82, 2.24) is 9.80 Å². The lowest BCUT2D eigenvalue weighted by Gasteiger charge is -2.20. The summed E-state index contributed by atoms with van der Waals surface area (Å²) in [7, 11) is 1.54. The van der Waals surface area contributed by atoms with E-state index in [0.29, 0.717) is 12.8 Å². The first-order valence-corrected chi connectivity index (χ1v) is 9.89. The molecule has 154 valence electrons. The summed E-state index contributed by atoms with van der Waals surface area (Å²) in [6.07, 6.45) is 5.04. The van der Waals surface area contributed by atoms with Crippen molar-refractivity contribution in [2.75, 3.05) is 25.5 Å². The van der Waals surface area contributed by atoms with E-state index in [-0.39, 0.29) is 55.0 Å². The second-order valence-electron chi connectivity index (χ2n) is 7.85. The van der Waals surface area contributed by atoms with E-state index in [1.807, 2.05) is 44.2 Å². The number of fused-ring (bicyclic) bond motifs is 1. The summed E-state index contributed by atoms with van der Waals surface area (Å²) in [6.45, 7) is 3.81. The maximum absolute atomic E-state index is 12.5. The fourth-order valence-electron chi connectivity index (χ4n) is 3.85.